The van der Waals surface area contributed by atoms with Gasteiger partial charge in [-0.3, -0.25) is 4.55 Å². The van der Waals surface area contributed by atoms with Crippen LogP contribution in [0.25, 0.3) is 0 Å². The van der Waals surface area contributed by atoms with E-state index < -0.39 is 10.1 Å². The smallest absolute Gasteiger partial charge is 0.264 e. The Morgan fingerprint density at radius 3 is 2.58 bits per heavy atom. The van der Waals surface area contributed by atoms with Gasteiger partial charge in [-0.2, -0.15) is 8.42 Å². The molecule has 0 atom stereocenters. The highest BCUT2D eigenvalue weighted by Crippen LogP contribution is 1.92. The molecule has 0 aliphatic heterocycles. The van der Waals surface area contributed by atoms with Crippen molar-refractivity contribution >= 4 is 10.1 Å². The second kappa shape index (κ2) is 5.29. The zero-order chi connectivity index (χ0) is 9.61. The first-order chi connectivity index (χ1) is 5.42. The first-order valence-corrected chi connectivity index (χ1v) is 5.20. The van der Waals surface area contributed by atoms with Crippen LogP contribution in [0, 0.1) is 0 Å². The topological polar surface area (TPSA) is 63.6 Å². The molecule has 0 saturated heterocycles. The minimum Gasteiger partial charge on any atom is -0.377 e. The fourth-order valence-corrected chi connectivity index (χ4v) is 1.07. The monoisotopic (exact) mass is 194 g/mol. The first kappa shape index (κ1) is 11.6. The molecule has 0 saturated carbocycles. The summed E-state index contributed by atoms with van der Waals surface area (Å²) in [5.74, 6) is -0.247. The summed E-state index contributed by atoms with van der Waals surface area (Å²) in [6.07, 6.45) is 0.312. The van der Waals surface area contributed by atoms with E-state index in [2.05, 4.69) is 6.58 Å². The summed E-state index contributed by atoms with van der Waals surface area (Å²) < 4.78 is 33.8. The Morgan fingerprint density at radius 1 is 1.58 bits per heavy atom. The summed E-state index contributed by atoms with van der Waals surface area (Å²) in [6, 6.07) is 0. The summed E-state index contributed by atoms with van der Waals surface area (Å²) in [7, 11) is -3.83. The fraction of sp³-hybridized carbons (Fsp3) is 0.714. The van der Waals surface area contributed by atoms with Crippen molar-refractivity contribution in [2.45, 2.75) is 13.3 Å². The maximum absolute atomic E-state index is 10.2. The summed E-state index contributed by atoms with van der Waals surface area (Å²) >= 11 is 0. The molecule has 0 rings (SSSR count). The van der Waals surface area contributed by atoms with Crippen LogP contribution < -0.4 is 0 Å². The van der Waals surface area contributed by atoms with Crippen molar-refractivity contribution < 1.29 is 17.7 Å². The summed E-state index contributed by atoms with van der Waals surface area (Å²) in [6.45, 7) is 6.19. The minimum absolute atomic E-state index is 0.247. The van der Waals surface area contributed by atoms with Gasteiger partial charge < -0.3 is 4.74 Å². The van der Waals surface area contributed by atoms with Gasteiger partial charge in [0.1, 0.15) is 0 Å². The Hall–Kier alpha value is -0.390. The summed E-state index contributed by atoms with van der Waals surface area (Å²) in [4.78, 5) is 0. The molecular weight excluding hydrogens is 180 g/mol. The third kappa shape index (κ3) is 9.61. The molecule has 12 heavy (non-hydrogen) atoms. The first-order valence-electron chi connectivity index (χ1n) is 3.59. The van der Waals surface area contributed by atoms with Crippen molar-refractivity contribution in [2.24, 2.45) is 0 Å². The highest BCUT2D eigenvalue weighted by Gasteiger charge is 2.02. The molecule has 0 spiro atoms. The van der Waals surface area contributed by atoms with Crippen LogP contribution in [0.5, 0.6) is 0 Å². The molecule has 0 radical (unpaired) electrons. The Bertz CT molecular complexity index is 230. The van der Waals surface area contributed by atoms with Crippen LogP contribution in [-0.2, 0) is 14.9 Å². The number of hydrogen-bond acceptors (Lipinski definition) is 3. The van der Waals surface area contributed by atoms with E-state index in [9.17, 15) is 8.42 Å². The third-order valence-corrected chi connectivity index (χ3v) is 1.84. The summed E-state index contributed by atoms with van der Waals surface area (Å²) in [5, 5.41) is 0. The van der Waals surface area contributed by atoms with Crippen LogP contribution in [0.1, 0.15) is 13.3 Å². The number of ether oxygens (including phenoxy) is 1. The van der Waals surface area contributed by atoms with E-state index in [0.717, 1.165) is 5.57 Å². The van der Waals surface area contributed by atoms with Crippen molar-refractivity contribution in [2.75, 3.05) is 19.0 Å². The van der Waals surface area contributed by atoms with Crippen LogP contribution >= 0.6 is 0 Å². The standard InChI is InChI=1S/C7H14O4S/c1-7(2)6-11-4-3-5-12(8,9)10/h1,3-6H2,2H3,(H,8,9,10). The minimum atomic E-state index is -3.83. The van der Waals surface area contributed by atoms with Gasteiger partial charge in [0, 0.05) is 6.61 Å². The molecule has 0 aromatic heterocycles. The second-order valence-corrected chi connectivity index (χ2v) is 4.22. The zero-order valence-electron chi connectivity index (χ0n) is 7.12. The molecule has 0 fully saturated rings. The lowest BCUT2D eigenvalue weighted by atomic mass is 10.4. The molecule has 0 bridgehead atoms. The Labute approximate surface area is 73.0 Å². The van der Waals surface area contributed by atoms with Crippen LogP contribution in [0.15, 0.2) is 12.2 Å². The maximum Gasteiger partial charge on any atom is 0.264 e. The van der Waals surface area contributed by atoms with Gasteiger partial charge in [-0.05, 0) is 13.3 Å². The van der Waals surface area contributed by atoms with Crippen molar-refractivity contribution in [3.8, 4) is 0 Å². The van der Waals surface area contributed by atoms with E-state index in [1.165, 1.54) is 0 Å². The molecule has 0 unspecified atom stereocenters. The molecule has 0 amide bonds. The lowest BCUT2D eigenvalue weighted by molar-refractivity contribution is 0.157. The maximum atomic E-state index is 10.2. The molecule has 0 heterocycles. The normalized spacial score (nSPS) is 11.5. The lowest BCUT2D eigenvalue weighted by Crippen LogP contribution is -2.07. The van der Waals surface area contributed by atoms with Gasteiger partial charge in [0.25, 0.3) is 10.1 Å². The summed E-state index contributed by atoms with van der Waals surface area (Å²) in [5.41, 5.74) is 0.891. The van der Waals surface area contributed by atoms with Gasteiger partial charge in [-0.25, -0.2) is 0 Å². The molecule has 0 aromatic rings. The van der Waals surface area contributed by atoms with Crippen LogP contribution in [0.2, 0.25) is 0 Å². The van der Waals surface area contributed by atoms with Crippen LogP contribution in [-0.4, -0.2) is 31.9 Å². The average molecular weight is 194 g/mol. The molecule has 4 nitrogen and oxygen atoms in total. The largest absolute Gasteiger partial charge is 0.377 e. The van der Waals surface area contributed by atoms with Crippen molar-refractivity contribution in [1.29, 1.82) is 0 Å². The van der Waals surface area contributed by atoms with E-state index in [4.69, 9.17) is 9.29 Å². The SMILES string of the molecule is C=C(C)COCCCS(=O)(=O)O. The van der Waals surface area contributed by atoms with Crippen molar-refractivity contribution in [3.05, 3.63) is 12.2 Å². The number of hydrogen-bond donors (Lipinski definition) is 1. The molecule has 0 aliphatic rings. The van der Waals surface area contributed by atoms with Crippen LogP contribution in [0.3, 0.4) is 0 Å². The van der Waals surface area contributed by atoms with Crippen LogP contribution in [0.4, 0.5) is 0 Å². The lowest BCUT2D eigenvalue weighted by Gasteiger charge is -2.01. The van der Waals surface area contributed by atoms with Gasteiger partial charge >= 0.3 is 0 Å². The quantitative estimate of drug-likeness (QED) is 0.387. The zero-order valence-corrected chi connectivity index (χ0v) is 7.93. The van der Waals surface area contributed by atoms with E-state index in [1.54, 1.807) is 0 Å². The number of rotatable bonds is 6. The fourth-order valence-electron chi connectivity index (χ4n) is 0.590. The van der Waals surface area contributed by atoms with Gasteiger partial charge in [0.05, 0.1) is 12.4 Å². The third-order valence-electron chi connectivity index (χ3n) is 1.04. The van der Waals surface area contributed by atoms with Gasteiger partial charge in [0.15, 0.2) is 0 Å². The van der Waals surface area contributed by atoms with E-state index in [0.29, 0.717) is 19.6 Å². The molecule has 72 valence electrons. The highest BCUT2D eigenvalue weighted by atomic mass is 32.2. The van der Waals surface area contributed by atoms with Crippen molar-refractivity contribution in [1.82, 2.24) is 0 Å². The van der Waals surface area contributed by atoms with Gasteiger partial charge in [0.2, 0.25) is 0 Å². The van der Waals surface area contributed by atoms with Gasteiger partial charge in [-0.15, -0.1) is 0 Å². The van der Waals surface area contributed by atoms with E-state index in [-0.39, 0.29) is 5.75 Å². The van der Waals surface area contributed by atoms with Crippen molar-refractivity contribution in [3.63, 3.8) is 0 Å². The predicted octanol–water partition coefficient (Wildman–Crippen LogP) is 0.857. The Morgan fingerprint density at radius 2 is 2.17 bits per heavy atom. The molecule has 1 N–H and O–H groups in total. The van der Waals surface area contributed by atoms with E-state index in [1.807, 2.05) is 6.92 Å². The highest BCUT2D eigenvalue weighted by molar-refractivity contribution is 7.85. The molecule has 0 aliphatic carbocycles. The molecule has 0 aromatic carbocycles. The Kier molecular flexibility index (Phi) is 5.12. The van der Waals surface area contributed by atoms with Gasteiger partial charge in [-0.1, -0.05) is 12.2 Å². The predicted molar refractivity (Wildman–Crippen MR) is 46.7 cm³/mol. The molecule has 5 heteroatoms. The Balaban J connectivity index is 3.29. The average Bonchev–Trinajstić information content (AvgIpc) is 1.83. The molecular formula is C7H14O4S. The van der Waals surface area contributed by atoms with E-state index >= 15 is 0 Å². The second-order valence-electron chi connectivity index (χ2n) is 2.65.